The van der Waals surface area contributed by atoms with Crippen molar-refractivity contribution in [2.45, 2.75) is 45.2 Å². The number of furan rings is 1. The van der Waals surface area contributed by atoms with Gasteiger partial charge in [-0.2, -0.15) is 0 Å². The van der Waals surface area contributed by atoms with Gasteiger partial charge < -0.3 is 9.73 Å². The summed E-state index contributed by atoms with van der Waals surface area (Å²) in [6.45, 7) is 1.88. The molecular weight excluding hydrogens is 412 g/mol. The van der Waals surface area contributed by atoms with Crippen LogP contribution in [0.2, 0.25) is 0 Å². The highest BCUT2D eigenvalue weighted by Crippen LogP contribution is 2.17. The average Bonchev–Trinajstić information content (AvgIpc) is 3.50. The van der Waals surface area contributed by atoms with E-state index in [-0.39, 0.29) is 35.6 Å². The van der Waals surface area contributed by atoms with Crippen LogP contribution in [0, 0.1) is 6.92 Å². The number of nitrogens with zero attached hydrogens (tertiary/aromatic N) is 1. The summed E-state index contributed by atoms with van der Waals surface area (Å²) in [5.41, 5.74) is 1.73. The molecule has 1 fully saturated rings. The molecule has 2 aromatic heterocycles. The minimum atomic E-state index is -0.349. The van der Waals surface area contributed by atoms with Crippen molar-refractivity contribution in [3.8, 4) is 0 Å². The molecule has 0 spiro atoms. The Labute approximate surface area is 183 Å². The lowest BCUT2D eigenvalue weighted by Gasteiger charge is -2.11. The lowest BCUT2D eigenvalue weighted by Crippen LogP contribution is -2.41. The highest BCUT2D eigenvalue weighted by Gasteiger charge is 2.18. The van der Waals surface area contributed by atoms with Crippen molar-refractivity contribution in [3.63, 3.8) is 0 Å². The number of aromatic nitrogens is 1. The highest BCUT2D eigenvalue weighted by molar-refractivity contribution is 7.07. The predicted octanol–water partition coefficient (Wildman–Crippen LogP) is 2.36. The fourth-order valence-electron chi connectivity index (χ4n) is 3.70. The zero-order valence-electron chi connectivity index (χ0n) is 17.3. The number of hydrogen-bond donors (Lipinski definition) is 1. The summed E-state index contributed by atoms with van der Waals surface area (Å²) in [6.07, 6.45) is 8.71. The van der Waals surface area contributed by atoms with Crippen LogP contribution in [-0.2, 0) is 11.3 Å². The van der Waals surface area contributed by atoms with E-state index >= 15 is 0 Å². The molecule has 0 saturated heterocycles. The van der Waals surface area contributed by atoms with Crippen molar-refractivity contribution >= 4 is 35.2 Å². The number of aryl methyl sites for hydroxylation is 1. The number of hydrogen-bond acceptors (Lipinski definition) is 5. The molecule has 4 rings (SSSR count). The van der Waals surface area contributed by atoms with Crippen molar-refractivity contribution in [1.29, 1.82) is 0 Å². The zero-order valence-corrected chi connectivity index (χ0v) is 18.1. The van der Waals surface area contributed by atoms with Crippen LogP contribution in [0.5, 0.6) is 0 Å². The third-order valence-electron chi connectivity index (χ3n) is 5.35. The molecule has 1 aromatic carbocycles. The van der Waals surface area contributed by atoms with E-state index in [2.05, 4.69) is 5.32 Å². The Morgan fingerprint density at radius 3 is 2.61 bits per heavy atom. The van der Waals surface area contributed by atoms with Crippen molar-refractivity contribution in [3.05, 3.63) is 79.1 Å². The molecule has 3 aromatic rings. The topological polar surface area (TPSA) is 81.3 Å². The van der Waals surface area contributed by atoms with Gasteiger partial charge in [0.05, 0.1) is 10.8 Å². The van der Waals surface area contributed by atoms with Crippen molar-refractivity contribution in [2.75, 3.05) is 0 Å². The monoisotopic (exact) mass is 436 g/mol. The van der Waals surface area contributed by atoms with Crippen LogP contribution in [0.1, 0.15) is 47.4 Å². The Morgan fingerprint density at radius 1 is 1.19 bits per heavy atom. The molecule has 31 heavy (non-hydrogen) atoms. The van der Waals surface area contributed by atoms with Crippen molar-refractivity contribution in [2.24, 2.45) is 0 Å². The molecule has 0 radical (unpaired) electrons. The molecule has 0 atom stereocenters. The first-order chi connectivity index (χ1) is 15.0. The van der Waals surface area contributed by atoms with Crippen LogP contribution < -0.4 is 20.1 Å². The minimum Gasteiger partial charge on any atom is -0.461 e. The van der Waals surface area contributed by atoms with E-state index in [1.54, 1.807) is 18.2 Å². The quantitative estimate of drug-likeness (QED) is 0.602. The predicted molar refractivity (Wildman–Crippen MR) is 120 cm³/mol. The smallest absolute Gasteiger partial charge is 0.269 e. The standard InChI is InChI=1S/C24H24N2O4S/c1-16-8-10-17(11-9-16)13-21-24(29)26(15-22(28)25-18-5-2-3-6-18)23(31-21)14-19(27)20-7-4-12-30-20/h4,7-14,18H,2-3,5-6,15H2,1H3,(H,25,28). The number of thiazole rings is 1. The Morgan fingerprint density at radius 2 is 1.94 bits per heavy atom. The molecule has 6 nitrogen and oxygen atoms in total. The first kappa shape index (κ1) is 21.1. The number of carbonyl (C=O) groups is 2. The SMILES string of the molecule is Cc1ccc(C=c2sc(=CC(=O)c3ccco3)n(CC(=O)NC3CCCC3)c2=O)cc1. The Bertz CT molecular complexity index is 1240. The van der Waals surface area contributed by atoms with E-state index in [1.165, 1.54) is 28.2 Å². The van der Waals surface area contributed by atoms with Gasteiger partial charge in [-0.05, 0) is 43.5 Å². The van der Waals surface area contributed by atoms with Crippen LogP contribution >= 0.6 is 11.3 Å². The van der Waals surface area contributed by atoms with Crippen LogP contribution in [0.3, 0.4) is 0 Å². The molecule has 1 saturated carbocycles. The van der Waals surface area contributed by atoms with Crippen molar-refractivity contribution in [1.82, 2.24) is 9.88 Å². The van der Waals surface area contributed by atoms with Crippen LogP contribution in [0.25, 0.3) is 12.2 Å². The summed E-state index contributed by atoms with van der Waals surface area (Å²) in [7, 11) is 0. The van der Waals surface area contributed by atoms with E-state index in [1.807, 2.05) is 31.2 Å². The van der Waals surface area contributed by atoms with Gasteiger partial charge in [-0.25, -0.2) is 0 Å². The largest absolute Gasteiger partial charge is 0.461 e. The average molecular weight is 437 g/mol. The van der Waals surface area contributed by atoms with Gasteiger partial charge in [0.1, 0.15) is 11.2 Å². The maximum absolute atomic E-state index is 13.1. The van der Waals surface area contributed by atoms with Gasteiger partial charge in [0, 0.05) is 12.1 Å². The van der Waals surface area contributed by atoms with Crippen LogP contribution in [0.15, 0.2) is 51.9 Å². The third-order valence-corrected chi connectivity index (χ3v) is 6.41. The summed E-state index contributed by atoms with van der Waals surface area (Å²) < 4.78 is 7.43. The van der Waals surface area contributed by atoms with E-state index in [9.17, 15) is 14.4 Å². The van der Waals surface area contributed by atoms with E-state index in [4.69, 9.17) is 4.42 Å². The second-order valence-electron chi connectivity index (χ2n) is 7.79. The Balaban J connectivity index is 1.72. The van der Waals surface area contributed by atoms with Gasteiger partial charge in [-0.3, -0.25) is 19.0 Å². The van der Waals surface area contributed by atoms with E-state index in [0.29, 0.717) is 9.20 Å². The minimum absolute atomic E-state index is 0.120. The number of Topliss-reactive ketones (excluding diaryl/α,β-unsaturated/α-hetero) is 1. The lowest BCUT2D eigenvalue weighted by atomic mass is 10.1. The van der Waals surface area contributed by atoms with E-state index < -0.39 is 0 Å². The Kier molecular flexibility index (Phi) is 6.32. The van der Waals surface area contributed by atoms with Gasteiger partial charge in [0.15, 0.2) is 5.76 Å². The number of ketones is 1. The third kappa shape index (κ3) is 5.11. The summed E-state index contributed by atoms with van der Waals surface area (Å²) in [5.74, 6) is -0.376. The van der Waals surface area contributed by atoms with Gasteiger partial charge in [0.25, 0.3) is 5.56 Å². The molecule has 160 valence electrons. The summed E-state index contributed by atoms with van der Waals surface area (Å²) >= 11 is 1.19. The highest BCUT2D eigenvalue weighted by atomic mass is 32.1. The van der Waals surface area contributed by atoms with Gasteiger partial charge >= 0.3 is 0 Å². The fourth-order valence-corrected chi connectivity index (χ4v) is 4.74. The lowest BCUT2D eigenvalue weighted by molar-refractivity contribution is -0.122. The first-order valence-electron chi connectivity index (χ1n) is 10.4. The maximum Gasteiger partial charge on any atom is 0.269 e. The molecular formula is C24H24N2O4S. The first-order valence-corrected chi connectivity index (χ1v) is 11.2. The summed E-state index contributed by atoms with van der Waals surface area (Å²) in [6, 6.07) is 11.2. The molecule has 1 aliphatic rings. The number of benzene rings is 1. The molecule has 2 heterocycles. The van der Waals surface area contributed by atoms with Crippen LogP contribution in [-0.4, -0.2) is 22.3 Å². The van der Waals surface area contributed by atoms with Crippen LogP contribution in [0.4, 0.5) is 0 Å². The number of nitrogens with one attached hydrogen (secondary N) is 1. The van der Waals surface area contributed by atoms with E-state index in [0.717, 1.165) is 36.8 Å². The number of amides is 1. The summed E-state index contributed by atoms with van der Waals surface area (Å²) in [5, 5.41) is 3.01. The normalized spacial score (nSPS) is 15.5. The molecule has 0 bridgehead atoms. The molecule has 0 unspecified atom stereocenters. The zero-order chi connectivity index (χ0) is 21.8. The van der Waals surface area contributed by atoms with Gasteiger partial charge in [0.2, 0.25) is 11.7 Å². The molecule has 7 heteroatoms. The van der Waals surface area contributed by atoms with Gasteiger partial charge in [-0.1, -0.05) is 42.7 Å². The Hall–Kier alpha value is -3.19. The molecule has 1 aliphatic carbocycles. The fraction of sp³-hybridized carbons (Fsp3) is 0.292. The molecule has 0 aliphatic heterocycles. The second kappa shape index (κ2) is 9.31. The number of carbonyl (C=O) groups excluding carboxylic acids is 2. The summed E-state index contributed by atoms with van der Waals surface area (Å²) in [4.78, 5) is 38.2. The van der Waals surface area contributed by atoms with Gasteiger partial charge in [-0.15, -0.1) is 11.3 Å². The molecule has 1 N–H and O–H groups in total. The second-order valence-corrected chi connectivity index (χ2v) is 8.85. The maximum atomic E-state index is 13.1. The van der Waals surface area contributed by atoms with Crippen molar-refractivity contribution < 1.29 is 14.0 Å². The number of rotatable bonds is 6. The molecule has 1 amide bonds.